The molecule has 0 bridgehead atoms. The molecule has 0 aliphatic carbocycles. The molecule has 0 aromatic carbocycles. The van der Waals surface area contributed by atoms with Crippen LogP contribution in [0.25, 0.3) is 0 Å². The molecule has 0 saturated heterocycles. The zero-order valence-electron chi connectivity index (χ0n) is 6.53. The van der Waals surface area contributed by atoms with Crippen LogP contribution in [0.3, 0.4) is 0 Å². The van der Waals surface area contributed by atoms with Gasteiger partial charge in [0.25, 0.3) is 0 Å². The third-order valence-corrected chi connectivity index (χ3v) is 6.03. The molecular weight excluding hydrogens is 152 g/mol. The highest BCUT2D eigenvalue weighted by Crippen LogP contribution is 2.20. The van der Waals surface area contributed by atoms with E-state index in [1.807, 2.05) is 6.92 Å². The quantitative estimate of drug-likeness (QED) is 0.491. The molecule has 0 spiro atoms. The van der Waals surface area contributed by atoms with E-state index in [1.54, 1.807) is 0 Å². The van der Waals surface area contributed by atoms with Crippen molar-refractivity contribution < 1.29 is 5.11 Å². The van der Waals surface area contributed by atoms with Gasteiger partial charge in [-0.25, -0.2) is 0 Å². The number of hydrogen-bond acceptors (Lipinski definition) is 1. The topological polar surface area (TPSA) is 20.2 Å². The van der Waals surface area contributed by atoms with Crippen LogP contribution in [0.2, 0.25) is 19.6 Å². The Bertz CT molecular complexity index is 95.7. The second-order valence-electron chi connectivity index (χ2n) is 3.66. The molecule has 1 N–H and O–H groups in total. The molecule has 3 heteroatoms. The SMILES string of the molecule is CC(O)(CCl)[Si](C)(C)C. The Morgan fingerprint density at radius 3 is 1.78 bits per heavy atom. The largest absolute Gasteiger partial charge is 0.392 e. The molecule has 0 heterocycles. The highest BCUT2D eigenvalue weighted by Gasteiger charge is 2.35. The fraction of sp³-hybridized carbons (Fsp3) is 1.00. The Balaban J connectivity index is 4.14. The van der Waals surface area contributed by atoms with Crippen LogP contribution in [0, 0.1) is 0 Å². The Hall–Kier alpha value is 0.467. The average molecular weight is 167 g/mol. The molecule has 1 atom stereocenters. The van der Waals surface area contributed by atoms with Gasteiger partial charge in [0.1, 0.15) is 0 Å². The zero-order valence-corrected chi connectivity index (χ0v) is 8.29. The van der Waals surface area contributed by atoms with E-state index in [1.165, 1.54) is 0 Å². The zero-order chi connectivity index (χ0) is 7.71. The fourth-order valence-corrected chi connectivity index (χ4v) is 1.80. The Kier molecular flexibility index (Phi) is 2.74. The molecule has 0 aliphatic rings. The third kappa shape index (κ3) is 2.28. The van der Waals surface area contributed by atoms with Crippen molar-refractivity contribution in [3.8, 4) is 0 Å². The fourth-order valence-electron chi connectivity index (χ4n) is 0.200. The molecule has 0 radical (unpaired) electrons. The summed E-state index contributed by atoms with van der Waals surface area (Å²) in [7, 11) is -1.46. The molecule has 56 valence electrons. The maximum Gasteiger partial charge on any atom is 0.0832 e. The van der Waals surface area contributed by atoms with Gasteiger partial charge in [0.05, 0.1) is 13.3 Å². The first-order valence-corrected chi connectivity index (χ1v) is 7.13. The summed E-state index contributed by atoms with van der Waals surface area (Å²) in [4.78, 5) is 0. The van der Waals surface area contributed by atoms with Gasteiger partial charge < -0.3 is 5.11 Å². The minimum absolute atomic E-state index is 0.350. The summed E-state index contributed by atoms with van der Waals surface area (Å²) in [5.41, 5.74) is 0. The summed E-state index contributed by atoms with van der Waals surface area (Å²) in [5.74, 6) is 0.350. The van der Waals surface area contributed by atoms with Crippen molar-refractivity contribution in [2.45, 2.75) is 31.8 Å². The lowest BCUT2D eigenvalue weighted by Crippen LogP contribution is -2.51. The van der Waals surface area contributed by atoms with Crippen molar-refractivity contribution in [1.82, 2.24) is 0 Å². The monoisotopic (exact) mass is 166 g/mol. The van der Waals surface area contributed by atoms with Gasteiger partial charge in [0.15, 0.2) is 0 Å². The lowest BCUT2D eigenvalue weighted by Gasteiger charge is -2.33. The van der Waals surface area contributed by atoms with Gasteiger partial charge in [0.2, 0.25) is 0 Å². The van der Waals surface area contributed by atoms with Crippen LogP contribution in [0.4, 0.5) is 0 Å². The predicted octanol–water partition coefficient (Wildman–Crippen LogP) is 1.85. The first kappa shape index (κ1) is 9.47. The van der Waals surface area contributed by atoms with E-state index in [2.05, 4.69) is 19.6 Å². The van der Waals surface area contributed by atoms with Crippen molar-refractivity contribution in [2.24, 2.45) is 0 Å². The molecule has 0 saturated carbocycles. The highest BCUT2D eigenvalue weighted by molar-refractivity contribution is 6.79. The first-order valence-electron chi connectivity index (χ1n) is 3.09. The van der Waals surface area contributed by atoms with Crippen LogP contribution in [0.15, 0.2) is 0 Å². The lowest BCUT2D eigenvalue weighted by molar-refractivity contribution is 0.160. The van der Waals surface area contributed by atoms with Crippen LogP contribution in [-0.2, 0) is 0 Å². The van der Waals surface area contributed by atoms with Gasteiger partial charge in [-0.1, -0.05) is 19.6 Å². The molecule has 0 rings (SSSR count). The van der Waals surface area contributed by atoms with Gasteiger partial charge in [-0.3, -0.25) is 0 Å². The van der Waals surface area contributed by atoms with Gasteiger partial charge in [-0.05, 0) is 6.92 Å². The molecule has 0 aromatic rings. The number of halogens is 1. The van der Waals surface area contributed by atoms with E-state index in [-0.39, 0.29) is 0 Å². The van der Waals surface area contributed by atoms with Gasteiger partial charge in [0, 0.05) is 5.88 Å². The van der Waals surface area contributed by atoms with E-state index in [4.69, 9.17) is 11.6 Å². The summed E-state index contributed by atoms with van der Waals surface area (Å²) in [6.07, 6.45) is 0. The van der Waals surface area contributed by atoms with Crippen LogP contribution >= 0.6 is 11.6 Å². The first-order chi connectivity index (χ1) is 3.81. The van der Waals surface area contributed by atoms with Crippen LogP contribution in [-0.4, -0.2) is 24.3 Å². The molecule has 9 heavy (non-hydrogen) atoms. The smallest absolute Gasteiger partial charge is 0.0832 e. The number of aliphatic hydroxyl groups is 1. The van der Waals surface area contributed by atoms with E-state index in [0.29, 0.717) is 5.88 Å². The van der Waals surface area contributed by atoms with E-state index < -0.39 is 13.3 Å². The Morgan fingerprint density at radius 2 is 1.78 bits per heavy atom. The van der Waals surface area contributed by atoms with Crippen LogP contribution < -0.4 is 0 Å². The Labute approximate surface area is 63.0 Å². The summed E-state index contributed by atoms with van der Waals surface area (Å²) in [6, 6.07) is 0. The molecule has 0 fully saturated rings. The third-order valence-electron chi connectivity index (χ3n) is 1.88. The summed E-state index contributed by atoms with van der Waals surface area (Å²) >= 11 is 5.56. The molecule has 0 amide bonds. The van der Waals surface area contributed by atoms with E-state index in [0.717, 1.165) is 0 Å². The summed E-state index contributed by atoms with van der Waals surface area (Å²) in [5, 5.41) is 8.97. The van der Waals surface area contributed by atoms with Crippen molar-refractivity contribution in [1.29, 1.82) is 0 Å². The predicted molar refractivity (Wildman–Crippen MR) is 44.7 cm³/mol. The summed E-state index contributed by atoms with van der Waals surface area (Å²) < 4.78 is 0. The van der Waals surface area contributed by atoms with Gasteiger partial charge >= 0.3 is 0 Å². The maximum absolute atomic E-state index is 9.59. The van der Waals surface area contributed by atoms with Gasteiger partial charge in [-0.15, -0.1) is 11.6 Å². The normalized spacial score (nSPS) is 19.3. The molecule has 1 unspecified atom stereocenters. The van der Waals surface area contributed by atoms with Crippen molar-refractivity contribution in [3.63, 3.8) is 0 Å². The molecular formula is C6H15ClOSi. The van der Waals surface area contributed by atoms with E-state index >= 15 is 0 Å². The van der Waals surface area contributed by atoms with Crippen molar-refractivity contribution in [2.75, 3.05) is 5.88 Å². The van der Waals surface area contributed by atoms with Gasteiger partial charge in [-0.2, -0.15) is 0 Å². The van der Waals surface area contributed by atoms with Crippen LogP contribution in [0.5, 0.6) is 0 Å². The van der Waals surface area contributed by atoms with E-state index in [9.17, 15) is 5.11 Å². The average Bonchev–Trinajstić information content (AvgIpc) is 1.64. The number of rotatable bonds is 2. The Morgan fingerprint density at radius 1 is 1.44 bits per heavy atom. The lowest BCUT2D eigenvalue weighted by atomic mass is 10.5. The molecule has 1 nitrogen and oxygen atoms in total. The number of alkyl halides is 1. The number of hydrogen-bond donors (Lipinski definition) is 1. The second-order valence-corrected chi connectivity index (χ2v) is 9.50. The molecule has 0 aromatic heterocycles. The van der Waals surface area contributed by atoms with Crippen molar-refractivity contribution in [3.05, 3.63) is 0 Å². The minimum atomic E-state index is -1.46. The minimum Gasteiger partial charge on any atom is -0.392 e. The highest BCUT2D eigenvalue weighted by atomic mass is 35.5. The summed E-state index contributed by atoms with van der Waals surface area (Å²) in [6.45, 7) is 8.13. The molecule has 0 aliphatic heterocycles. The second kappa shape index (κ2) is 2.60. The standard InChI is InChI=1S/C6H15ClOSi/c1-6(8,5-7)9(2,3)4/h8H,5H2,1-4H3. The maximum atomic E-state index is 9.59. The van der Waals surface area contributed by atoms with Crippen molar-refractivity contribution >= 4 is 19.7 Å². The van der Waals surface area contributed by atoms with Crippen LogP contribution in [0.1, 0.15) is 6.92 Å².